The number of aromatic amines is 1. The number of rotatable bonds is 3. The zero-order valence-electron chi connectivity index (χ0n) is 27.5. The van der Waals surface area contributed by atoms with Gasteiger partial charge in [-0.05, 0) is 53.8 Å². The fourth-order valence-corrected chi connectivity index (χ4v) is 7.02. The van der Waals surface area contributed by atoms with Crippen LogP contribution < -0.4 is 15.0 Å². The first kappa shape index (κ1) is 32.1. The Morgan fingerprint density at radius 1 is 0.941 bits per heavy atom. The minimum atomic E-state index is -0.735. The second kappa shape index (κ2) is 13.7. The van der Waals surface area contributed by atoms with Crippen molar-refractivity contribution in [3.05, 3.63) is 121 Å². The fourth-order valence-electron chi connectivity index (χ4n) is 7.02. The van der Waals surface area contributed by atoms with Crippen LogP contribution in [0, 0.1) is 11.6 Å². The number of ether oxygens (including phenoxy) is 1. The number of nitrogens with one attached hydrogen (secondary N) is 2. The number of imidazole rings is 2. The maximum absolute atomic E-state index is 14.8. The average Bonchev–Trinajstić information content (AvgIpc) is 3.92. The Bertz CT molecular complexity index is 2220. The number of benzene rings is 3. The molecule has 258 valence electrons. The summed E-state index contributed by atoms with van der Waals surface area (Å²) in [7, 11) is 0. The Morgan fingerprint density at radius 3 is 2.71 bits per heavy atom. The second-order valence-corrected chi connectivity index (χ2v) is 12.7. The predicted octanol–water partition coefficient (Wildman–Crippen LogP) is 5.30. The van der Waals surface area contributed by atoms with Crippen LogP contribution in [-0.4, -0.2) is 79.4 Å². The maximum atomic E-state index is 14.8. The number of aromatic nitrogens is 5. The molecule has 0 spiro atoms. The summed E-state index contributed by atoms with van der Waals surface area (Å²) in [5.41, 5.74) is 3.82. The smallest absolute Gasteiger partial charge is 0.289 e. The Hall–Kier alpha value is -6.11. The quantitative estimate of drug-likeness (QED) is 0.259. The number of carbonyl (C=O) groups is 2. The van der Waals surface area contributed by atoms with Crippen LogP contribution >= 0.6 is 0 Å². The molecular weight excluding hydrogens is 654 g/mol. The third-order valence-corrected chi connectivity index (χ3v) is 9.46. The van der Waals surface area contributed by atoms with Crippen LogP contribution in [0.25, 0.3) is 28.0 Å². The van der Waals surface area contributed by atoms with Gasteiger partial charge in [0.1, 0.15) is 40.9 Å². The van der Waals surface area contributed by atoms with Crippen molar-refractivity contribution in [2.45, 2.75) is 31.4 Å². The van der Waals surface area contributed by atoms with E-state index in [2.05, 4.69) is 37.4 Å². The van der Waals surface area contributed by atoms with E-state index in [1.165, 1.54) is 12.1 Å². The standard InChI is InChI=1S/C38H34F2N8O3/c39-26-9-10-30(31(40)20-26)35-45-22-33-36(43-15-18-47(33)35)48-23-28-21-32(48)37(49)44-12-4-16-46(38(50)34-41-13-14-42-34)17-11-24-5-1-2-8-29(24)25-6-3-7-27(19-25)51-28/h1-3,5-10,13-15,18-20,22,28,32H,4,11-12,16-17,21,23H2,(H,41,42)(H,44,49)/t28-,32-/m0/s1. The lowest BCUT2D eigenvalue weighted by Crippen LogP contribution is -2.44. The van der Waals surface area contributed by atoms with E-state index in [9.17, 15) is 18.4 Å². The number of anilines is 1. The zero-order chi connectivity index (χ0) is 34.9. The van der Waals surface area contributed by atoms with E-state index < -0.39 is 17.7 Å². The highest BCUT2D eigenvalue weighted by Crippen LogP contribution is 2.34. The summed E-state index contributed by atoms with van der Waals surface area (Å²) in [5, 5.41) is 3.08. The SMILES string of the molecule is O=C1NCCCN(C(=O)c2ncc[nH]2)CCc2ccccc2-c2cccc(c2)O[C@H]2C[C@@H]1N(c1nccn3c(-c4ccc(F)cc4F)ncc13)C2. The number of amides is 2. The van der Waals surface area contributed by atoms with E-state index in [0.717, 1.165) is 22.8 Å². The second-order valence-electron chi connectivity index (χ2n) is 12.7. The van der Waals surface area contributed by atoms with E-state index in [1.807, 2.05) is 41.3 Å². The van der Waals surface area contributed by atoms with Gasteiger partial charge in [0.15, 0.2) is 11.6 Å². The summed E-state index contributed by atoms with van der Waals surface area (Å²) >= 11 is 0. The molecule has 51 heavy (non-hydrogen) atoms. The van der Waals surface area contributed by atoms with Crippen LogP contribution in [0.3, 0.4) is 0 Å². The van der Waals surface area contributed by atoms with Gasteiger partial charge in [-0.3, -0.25) is 14.0 Å². The molecule has 0 radical (unpaired) electrons. The summed E-state index contributed by atoms with van der Waals surface area (Å²) in [6.45, 7) is 1.57. The van der Waals surface area contributed by atoms with Gasteiger partial charge >= 0.3 is 0 Å². The minimum Gasteiger partial charge on any atom is -0.488 e. The molecule has 6 aromatic rings. The van der Waals surface area contributed by atoms with Gasteiger partial charge in [0, 0.05) is 56.9 Å². The molecule has 3 aromatic heterocycles. The summed E-state index contributed by atoms with van der Waals surface area (Å²) < 4.78 is 36.8. The monoisotopic (exact) mass is 688 g/mol. The van der Waals surface area contributed by atoms with E-state index >= 15 is 0 Å². The van der Waals surface area contributed by atoms with Gasteiger partial charge in [0.25, 0.3) is 5.91 Å². The zero-order valence-corrected chi connectivity index (χ0v) is 27.5. The molecule has 1 fully saturated rings. The highest BCUT2D eigenvalue weighted by Gasteiger charge is 2.40. The summed E-state index contributed by atoms with van der Waals surface area (Å²) in [6.07, 6.45) is 9.16. The molecule has 2 aliphatic rings. The Balaban J connectivity index is 1.14. The van der Waals surface area contributed by atoms with Crippen LogP contribution in [0.4, 0.5) is 14.6 Å². The molecule has 13 heteroatoms. The first-order valence-corrected chi connectivity index (χ1v) is 16.9. The van der Waals surface area contributed by atoms with Crippen molar-refractivity contribution in [2.75, 3.05) is 31.1 Å². The van der Waals surface area contributed by atoms with E-state index in [1.54, 1.807) is 40.3 Å². The number of nitrogens with zero attached hydrogens (tertiary/aromatic N) is 6. The number of carbonyl (C=O) groups excluding carboxylic acids is 2. The van der Waals surface area contributed by atoms with Crippen molar-refractivity contribution in [2.24, 2.45) is 0 Å². The molecule has 8 rings (SSSR count). The van der Waals surface area contributed by atoms with E-state index in [-0.39, 0.29) is 35.1 Å². The first-order valence-electron chi connectivity index (χ1n) is 16.9. The van der Waals surface area contributed by atoms with Crippen LogP contribution in [0.15, 0.2) is 97.7 Å². The Morgan fingerprint density at radius 2 is 1.84 bits per heavy atom. The molecule has 2 aliphatic heterocycles. The lowest BCUT2D eigenvalue weighted by molar-refractivity contribution is -0.122. The van der Waals surface area contributed by atoms with Crippen molar-refractivity contribution in [1.82, 2.24) is 34.6 Å². The molecule has 2 atom stereocenters. The molecule has 0 unspecified atom stereocenters. The van der Waals surface area contributed by atoms with Gasteiger partial charge < -0.3 is 24.8 Å². The number of halogens is 2. The van der Waals surface area contributed by atoms with Crippen LogP contribution in [0.2, 0.25) is 0 Å². The van der Waals surface area contributed by atoms with Crippen molar-refractivity contribution in [3.8, 4) is 28.3 Å². The molecule has 3 aromatic carbocycles. The van der Waals surface area contributed by atoms with Gasteiger partial charge in [0.05, 0.1) is 18.3 Å². The summed E-state index contributed by atoms with van der Waals surface area (Å²) in [6, 6.07) is 18.7. The first-order chi connectivity index (χ1) is 24.9. The molecule has 0 aliphatic carbocycles. The van der Waals surface area contributed by atoms with Gasteiger partial charge in [-0.25, -0.2) is 23.7 Å². The third kappa shape index (κ3) is 6.38. The van der Waals surface area contributed by atoms with Crippen molar-refractivity contribution in [3.63, 3.8) is 0 Å². The Labute approximate surface area is 291 Å². The topological polar surface area (TPSA) is 121 Å². The number of hydrogen-bond donors (Lipinski definition) is 2. The fraction of sp³-hybridized carbons (Fsp3) is 0.237. The van der Waals surface area contributed by atoms with Gasteiger partial charge in [-0.2, -0.15) is 0 Å². The number of H-pyrrole nitrogens is 1. The summed E-state index contributed by atoms with van der Waals surface area (Å²) in [5.74, 6) is -0.129. The molecule has 4 bridgehead atoms. The molecule has 11 nitrogen and oxygen atoms in total. The highest BCUT2D eigenvalue weighted by molar-refractivity contribution is 5.90. The lowest BCUT2D eigenvalue weighted by atomic mass is 9.97. The number of fused-ring (bicyclic) bond motifs is 7. The van der Waals surface area contributed by atoms with Gasteiger partial charge in [0.2, 0.25) is 5.91 Å². The van der Waals surface area contributed by atoms with E-state index in [0.29, 0.717) is 62.5 Å². The van der Waals surface area contributed by atoms with E-state index in [4.69, 9.17) is 4.74 Å². The van der Waals surface area contributed by atoms with Gasteiger partial charge in [-0.1, -0.05) is 36.4 Å². The largest absolute Gasteiger partial charge is 0.488 e. The highest BCUT2D eigenvalue weighted by atomic mass is 19.1. The molecule has 1 saturated heterocycles. The lowest BCUT2D eigenvalue weighted by Gasteiger charge is -2.26. The third-order valence-electron chi connectivity index (χ3n) is 9.46. The Kier molecular flexibility index (Phi) is 8.60. The molecular formula is C38H34F2N8O3. The maximum Gasteiger partial charge on any atom is 0.289 e. The van der Waals surface area contributed by atoms with Crippen LogP contribution in [0.5, 0.6) is 5.75 Å². The molecule has 2 amide bonds. The van der Waals surface area contributed by atoms with Crippen molar-refractivity contribution >= 4 is 23.1 Å². The van der Waals surface area contributed by atoms with Crippen molar-refractivity contribution < 1.29 is 23.1 Å². The predicted molar refractivity (Wildman–Crippen MR) is 186 cm³/mol. The normalized spacial score (nSPS) is 18.2. The molecule has 2 N–H and O–H groups in total. The summed E-state index contributed by atoms with van der Waals surface area (Å²) in [4.78, 5) is 47.3. The molecule has 0 saturated carbocycles. The van der Waals surface area contributed by atoms with Crippen molar-refractivity contribution in [1.29, 1.82) is 0 Å². The minimum absolute atomic E-state index is 0.139. The van der Waals surface area contributed by atoms with Gasteiger partial charge in [-0.15, -0.1) is 0 Å². The van der Waals surface area contributed by atoms with Crippen LogP contribution in [-0.2, 0) is 11.2 Å². The average molecular weight is 689 g/mol. The van der Waals surface area contributed by atoms with Crippen LogP contribution in [0.1, 0.15) is 29.0 Å². The molecule has 5 heterocycles. The number of hydrogen-bond acceptors (Lipinski definition) is 7.